The van der Waals surface area contributed by atoms with E-state index < -0.39 is 17.8 Å². The summed E-state index contributed by atoms with van der Waals surface area (Å²) >= 11 is 0. The van der Waals surface area contributed by atoms with E-state index in [4.69, 9.17) is 0 Å². The highest BCUT2D eigenvalue weighted by atomic mass is 19.4. The predicted molar refractivity (Wildman–Crippen MR) is 91.2 cm³/mol. The van der Waals surface area contributed by atoms with Crippen LogP contribution in [0.5, 0.6) is 0 Å². The number of rotatable bonds is 4. The van der Waals surface area contributed by atoms with E-state index in [1.807, 2.05) is 42.5 Å². The van der Waals surface area contributed by atoms with Gasteiger partial charge < -0.3 is 5.11 Å². The molecule has 0 aromatic heterocycles. The SMILES string of the molecule is OC(c1ccc(Cc2ccccc2)cc1)c1ccc(C(F)(F)F)cc1. The average Bonchev–Trinajstić information content (AvgIpc) is 2.62. The first-order valence-electron chi connectivity index (χ1n) is 7.91. The van der Waals surface area contributed by atoms with Crippen molar-refractivity contribution in [2.75, 3.05) is 0 Å². The molecule has 3 rings (SSSR count). The molecule has 0 aliphatic heterocycles. The zero-order valence-electron chi connectivity index (χ0n) is 13.4. The van der Waals surface area contributed by atoms with Gasteiger partial charge in [-0.3, -0.25) is 0 Å². The highest BCUT2D eigenvalue weighted by Gasteiger charge is 2.30. The fourth-order valence-electron chi connectivity index (χ4n) is 2.70. The van der Waals surface area contributed by atoms with Crippen LogP contribution in [0.15, 0.2) is 78.9 Å². The average molecular weight is 342 g/mol. The van der Waals surface area contributed by atoms with Crippen molar-refractivity contribution in [3.8, 4) is 0 Å². The van der Waals surface area contributed by atoms with Crippen LogP contribution >= 0.6 is 0 Å². The molecule has 1 unspecified atom stereocenters. The Morgan fingerprint density at radius 2 is 1.16 bits per heavy atom. The van der Waals surface area contributed by atoms with Gasteiger partial charge in [0, 0.05) is 0 Å². The molecular weight excluding hydrogens is 325 g/mol. The Morgan fingerprint density at radius 1 is 0.680 bits per heavy atom. The minimum atomic E-state index is -4.37. The Kier molecular flexibility index (Phi) is 4.91. The summed E-state index contributed by atoms with van der Waals surface area (Å²) in [5.41, 5.74) is 2.66. The summed E-state index contributed by atoms with van der Waals surface area (Å²) in [6, 6.07) is 22.1. The minimum absolute atomic E-state index is 0.434. The lowest BCUT2D eigenvalue weighted by Crippen LogP contribution is -2.06. The summed E-state index contributed by atoms with van der Waals surface area (Å²) in [6.07, 6.45) is -4.53. The van der Waals surface area contributed by atoms with Crippen molar-refractivity contribution in [3.05, 3.63) is 107 Å². The molecule has 0 amide bonds. The fourth-order valence-corrected chi connectivity index (χ4v) is 2.70. The van der Waals surface area contributed by atoms with Gasteiger partial charge in [0.15, 0.2) is 0 Å². The summed E-state index contributed by atoms with van der Waals surface area (Å²) in [5.74, 6) is 0. The highest BCUT2D eigenvalue weighted by Crippen LogP contribution is 2.31. The largest absolute Gasteiger partial charge is 0.416 e. The van der Waals surface area contributed by atoms with Crippen LogP contribution < -0.4 is 0 Å². The summed E-state index contributed by atoms with van der Waals surface area (Å²) in [4.78, 5) is 0. The maximum Gasteiger partial charge on any atom is 0.416 e. The molecule has 0 heterocycles. The van der Waals surface area contributed by atoms with Crippen molar-refractivity contribution in [1.82, 2.24) is 0 Å². The van der Waals surface area contributed by atoms with Gasteiger partial charge in [-0.1, -0.05) is 66.7 Å². The molecule has 0 fully saturated rings. The molecule has 0 spiro atoms. The standard InChI is InChI=1S/C21H17F3O/c22-21(23,24)19-12-10-18(11-13-19)20(25)17-8-6-16(7-9-17)14-15-4-2-1-3-5-15/h1-13,20,25H,14H2. The molecule has 0 bridgehead atoms. The maximum atomic E-state index is 12.6. The summed E-state index contributed by atoms with van der Waals surface area (Å²) < 4.78 is 37.8. The zero-order chi connectivity index (χ0) is 17.9. The topological polar surface area (TPSA) is 20.2 Å². The molecule has 0 aliphatic rings. The van der Waals surface area contributed by atoms with E-state index in [2.05, 4.69) is 0 Å². The van der Waals surface area contributed by atoms with Crippen LogP contribution in [0.4, 0.5) is 13.2 Å². The van der Waals surface area contributed by atoms with Crippen molar-refractivity contribution in [2.24, 2.45) is 0 Å². The normalized spacial score (nSPS) is 12.8. The zero-order valence-corrected chi connectivity index (χ0v) is 13.4. The third-order valence-electron chi connectivity index (χ3n) is 4.10. The molecule has 0 saturated carbocycles. The Bertz CT molecular complexity index is 807. The molecule has 0 saturated heterocycles. The van der Waals surface area contributed by atoms with E-state index in [0.29, 0.717) is 11.1 Å². The monoisotopic (exact) mass is 342 g/mol. The first kappa shape index (κ1) is 17.2. The smallest absolute Gasteiger partial charge is 0.384 e. The number of hydrogen-bond donors (Lipinski definition) is 1. The van der Waals surface area contributed by atoms with Crippen molar-refractivity contribution in [3.63, 3.8) is 0 Å². The molecule has 128 valence electrons. The lowest BCUT2D eigenvalue weighted by molar-refractivity contribution is -0.137. The van der Waals surface area contributed by atoms with Gasteiger partial charge >= 0.3 is 6.18 Å². The van der Waals surface area contributed by atoms with Crippen molar-refractivity contribution >= 4 is 0 Å². The number of alkyl halides is 3. The van der Waals surface area contributed by atoms with Gasteiger partial charge in [0.25, 0.3) is 0 Å². The molecular formula is C21H17F3O. The minimum Gasteiger partial charge on any atom is -0.384 e. The Labute approximate surface area is 144 Å². The van der Waals surface area contributed by atoms with Crippen LogP contribution in [-0.4, -0.2) is 5.11 Å². The predicted octanol–water partition coefficient (Wildman–Crippen LogP) is 5.38. The van der Waals surface area contributed by atoms with E-state index in [-0.39, 0.29) is 0 Å². The molecule has 25 heavy (non-hydrogen) atoms. The Morgan fingerprint density at radius 3 is 1.68 bits per heavy atom. The maximum absolute atomic E-state index is 12.6. The molecule has 3 aromatic rings. The molecule has 1 N–H and O–H groups in total. The van der Waals surface area contributed by atoms with Crippen LogP contribution in [-0.2, 0) is 12.6 Å². The number of aliphatic hydroxyl groups is 1. The molecule has 4 heteroatoms. The lowest BCUT2D eigenvalue weighted by Gasteiger charge is -2.14. The van der Waals surface area contributed by atoms with E-state index >= 15 is 0 Å². The number of aliphatic hydroxyl groups excluding tert-OH is 1. The highest BCUT2D eigenvalue weighted by molar-refractivity contribution is 5.35. The Balaban J connectivity index is 1.73. The number of benzene rings is 3. The van der Waals surface area contributed by atoms with Crippen LogP contribution in [0.3, 0.4) is 0 Å². The van der Waals surface area contributed by atoms with Crippen LogP contribution in [0.2, 0.25) is 0 Å². The second-order valence-corrected chi connectivity index (χ2v) is 5.93. The summed E-state index contributed by atoms with van der Waals surface area (Å²) in [5, 5.41) is 10.4. The third-order valence-corrected chi connectivity index (χ3v) is 4.10. The summed E-state index contributed by atoms with van der Waals surface area (Å²) in [6.45, 7) is 0. The van der Waals surface area contributed by atoms with Crippen molar-refractivity contribution < 1.29 is 18.3 Å². The quantitative estimate of drug-likeness (QED) is 0.675. The molecule has 3 aromatic carbocycles. The van der Waals surface area contributed by atoms with Crippen LogP contribution in [0, 0.1) is 0 Å². The molecule has 1 atom stereocenters. The van der Waals surface area contributed by atoms with E-state index in [1.165, 1.54) is 17.7 Å². The first-order valence-corrected chi connectivity index (χ1v) is 7.91. The van der Waals surface area contributed by atoms with Gasteiger partial charge in [0.1, 0.15) is 6.10 Å². The first-order chi connectivity index (χ1) is 11.9. The second-order valence-electron chi connectivity index (χ2n) is 5.93. The molecule has 0 radical (unpaired) electrons. The number of halogens is 3. The fraction of sp³-hybridized carbons (Fsp3) is 0.143. The second kappa shape index (κ2) is 7.11. The van der Waals surface area contributed by atoms with Crippen LogP contribution in [0.1, 0.15) is 33.9 Å². The molecule has 1 nitrogen and oxygen atoms in total. The van der Waals surface area contributed by atoms with Gasteiger partial charge in [-0.25, -0.2) is 0 Å². The van der Waals surface area contributed by atoms with Crippen LogP contribution in [0.25, 0.3) is 0 Å². The number of hydrogen-bond acceptors (Lipinski definition) is 1. The van der Waals surface area contributed by atoms with Crippen molar-refractivity contribution in [2.45, 2.75) is 18.7 Å². The van der Waals surface area contributed by atoms with E-state index in [9.17, 15) is 18.3 Å². The summed E-state index contributed by atoms with van der Waals surface area (Å²) in [7, 11) is 0. The molecule has 0 aliphatic carbocycles. The van der Waals surface area contributed by atoms with Gasteiger partial charge in [-0.05, 0) is 40.8 Å². The van der Waals surface area contributed by atoms with E-state index in [0.717, 1.165) is 24.1 Å². The van der Waals surface area contributed by atoms with Crippen molar-refractivity contribution in [1.29, 1.82) is 0 Å². The van der Waals surface area contributed by atoms with Gasteiger partial charge in [-0.2, -0.15) is 13.2 Å². The van der Waals surface area contributed by atoms with Gasteiger partial charge in [-0.15, -0.1) is 0 Å². The van der Waals surface area contributed by atoms with E-state index in [1.54, 1.807) is 12.1 Å². The lowest BCUT2D eigenvalue weighted by atomic mass is 9.97. The van der Waals surface area contributed by atoms with Gasteiger partial charge in [0.05, 0.1) is 5.56 Å². The third kappa shape index (κ3) is 4.28. The van der Waals surface area contributed by atoms with Gasteiger partial charge in [0.2, 0.25) is 0 Å². The Hall–Kier alpha value is -2.59.